The molecule has 5 heteroatoms. The third kappa shape index (κ3) is 3.08. The Kier molecular flexibility index (Phi) is 3.92. The lowest BCUT2D eigenvalue weighted by atomic mass is 10.0. The number of carboxylic acid groups (broad SMARTS) is 1. The maximum Gasteiger partial charge on any atom is 0.336 e. The van der Waals surface area contributed by atoms with Crippen LogP contribution in [0.3, 0.4) is 0 Å². The van der Waals surface area contributed by atoms with E-state index in [2.05, 4.69) is 15.3 Å². The fourth-order valence-corrected chi connectivity index (χ4v) is 2.71. The number of carbonyl (C=O) groups is 1. The summed E-state index contributed by atoms with van der Waals surface area (Å²) in [7, 11) is 0. The van der Waals surface area contributed by atoms with E-state index >= 15 is 0 Å². The lowest BCUT2D eigenvalue weighted by Crippen LogP contribution is -2.11. The van der Waals surface area contributed by atoms with E-state index in [1.54, 1.807) is 30.6 Å². The van der Waals surface area contributed by atoms with Crippen molar-refractivity contribution >= 4 is 5.97 Å². The fourth-order valence-electron chi connectivity index (χ4n) is 2.71. The molecule has 0 amide bonds. The number of nitrogens with one attached hydrogen (secondary N) is 1. The second-order valence-corrected chi connectivity index (χ2v) is 5.31. The molecule has 5 nitrogen and oxygen atoms in total. The van der Waals surface area contributed by atoms with Gasteiger partial charge in [-0.05, 0) is 37.9 Å². The van der Waals surface area contributed by atoms with Crippen molar-refractivity contribution in [1.82, 2.24) is 15.3 Å². The molecule has 1 unspecified atom stereocenters. The van der Waals surface area contributed by atoms with Crippen LogP contribution in [0.5, 0.6) is 0 Å². The number of hydrogen-bond acceptors (Lipinski definition) is 4. The highest BCUT2D eigenvalue weighted by Crippen LogP contribution is 2.22. The zero-order valence-corrected chi connectivity index (χ0v) is 11.6. The number of aromatic carboxylic acids is 1. The minimum absolute atomic E-state index is 0.256. The summed E-state index contributed by atoms with van der Waals surface area (Å²) >= 11 is 0. The average molecular weight is 283 g/mol. The summed E-state index contributed by atoms with van der Waals surface area (Å²) in [6, 6.07) is 6.90. The van der Waals surface area contributed by atoms with Crippen LogP contribution >= 0.6 is 0 Å². The summed E-state index contributed by atoms with van der Waals surface area (Å²) in [6.45, 7) is 2.07. The van der Waals surface area contributed by atoms with Crippen molar-refractivity contribution in [2.75, 3.05) is 13.1 Å². The van der Waals surface area contributed by atoms with Crippen LogP contribution in [0.15, 0.2) is 36.7 Å². The first-order valence-electron chi connectivity index (χ1n) is 7.08. The smallest absolute Gasteiger partial charge is 0.336 e. The molecule has 21 heavy (non-hydrogen) atoms. The van der Waals surface area contributed by atoms with Gasteiger partial charge in [0.15, 0.2) is 0 Å². The Morgan fingerprint density at radius 1 is 1.33 bits per heavy atom. The van der Waals surface area contributed by atoms with Crippen LogP contribution in [0, 0.1) is 5.92 Å². The van der Waals surface area contributed by atoms with E-state index in [1.165, 1.54) is 0 Å². The van der Waals surface area contributed by atoms with E-state index in [1.807, 2.05) is 6.07 Å². The Morgan fingerprint density at radius 3 is 2.95 bits per heavy atom. The largest absolute Gasteiger partial charge is 0.478 e. The number of hydrogen-bond donors (Lipinski definition) is 2. The molecule has 2 aromatic rings. The van der Waals surface area contributed by atoms with E-state index in [9.17, 15) is 9.90 Å². The molecule has 1 atom stereocenters. The standard InChI is InChI=1S/C16H17N3O2/c20-16(21)14-4-2-1-3-13(14)15-10-18-9-12(19-15)7-11-5-6-17-8-11/h1-4,9-11,17H,5-8H2,(H,20,21). The van der Waals surface area contributed by atoms with Crippen molar-refractivity contribution < 1.29 is 9.90 Å². The number of nitrogens with zero attached hydrogens (tertiary/aromatic N) is 2. The molecule has 1 fully saturated rings. The van der Waals surface area contributed by atoms with Gasteiger partial charge in [0.2, 0.25) is 0 Å². The summed E-state index contributed by atoms with van der Waals surface area (Å²) < 4.78 is 0. The molecule has 2 N–H and O–H groups in total. The van der Waals surface area contributed by atoms with Gasteiger partial charge in [-0.1, -0.05) is 18.2 Å². The first-order valence-corrected chi connectivity index (χ1v) is 7.08. The number of carboxylic acids is 1. The lowest BCUT2D eigenvalue weighted by Gasteiger charge is -2.09. The molecular weight excluding hydrogens is 266 g/mol. The average Bonchev–Trinajstić information content (AvgIpc) is 3.00. The topological polar surface area (TPSA) is 75.1 Å². The molecule has 0 radical (unpaired) electrons. The zero-order valence-electron chi connectivity index (χ0n) is 11.6. The van der Waals surface area contributed by atoms with Gasteiger partial charge in [-0.2, -0.15) is 0 Å². The van der Waals surface area contributed by atoms with Crippen molar-refractivity contribution in [1.29, 1.82) is 0 Å². The first kappa shape index (κ1) is 13.7. The quantitative estimate of drug-likeness (QED) is 0.897. The highest BCUT2D eigenvalue weighted by atomic mass is 16.4. The second kappa shape index (κ2) is 6.01. The third-order valence-electron chi connectivity index (χ3n) is 3.78. The van der Waals surface area contributed by atoms with Gasteiger partial charge in [-0.3, -0.25) is 4.98 Å². The van der Waals surface area contributed by atoms with Crippen LogP contribution in [0.1, 0.15) is 22.5 Å². The summed E-state index contributed by atoms with van der Waals surface area (Å²) in [5.74, 6) is -0.359. The van der Waals surface area contributed by atoms with Gasteiger partial charge in [0.1, 0.15) is 0 Å². The SMILES string of the molecule is O=C(O)c1ccccc1-c1cncc(CC2CCNC2)n1. The maximum absolute atomic E-state index is 11.3. The van der Waals surface area contributed by atoms with Gasteiger partial charge in [0.25, 0.3) is 0 Å². The molecular formula is C16H17N3O2. The van der Waals surface area contributed by atoms with Crippen molar-refractivity contribution in [3.8, 4) is 11.3 Å². The minimum Gasteiger partial charge on any atom is -0.478 e. The van der Waals surface area contributed by atoms with Gasteiger partial charge in [-0.25, -0.2) is 9.78 Å². The molecule has 1 aliphatic rings. The molecule has 1 saturated heterocycles. The molecule has 0 spiro atoms. The summed E-state index contributed by atoms with van der Waals surface area (Å²) in [5.41, 5.74) is 2.41. The Labute approximate surface area is 123 Å². The van der Waals surface area contributed by atoms with Crippen molar-refractivity contribution in [3.05, 3.63) is 47.9 Å². The molecule has 2 heterocycles. The van der Waals surface area contributed by atoms with Gasteiger partial charge in [0, 0.05) is 11.8 Å². The zero-order chi connectivity index (χ0) is 14.7. The molecule has 0 bridgehead atoms. The van der Waals surface area contributed by atoms with E-state index in [0.717, 1.165) is 31.6 Å². The Bertz CT molecular complexity index is 651. The van der Waals surface area contributed by atoms with Gasteiger partial charge in [-0.15, -0.1) is 0 Å². The van der Waals surface area contributed by atoms with Crippen molar-refractivity contribution in [2.45, 2.75) is 12.8 Å². The van der Waals surface area contributed by atoms with E-state index in [4.69, 9.17) is 0 Å². The van der Waals surface area contributed by atoms with E-state index < -0.39 is 5.97 Å². The maximum atomic E-state index is 11.3. The third-order valence-corrected chi connectivity index (χ3v) is 3.78. The highest BCUT2D eigenvalue weighted by Gasteiger charge is 2.17. The summed E-state index contributed by atoms with van der Waals surface area (Å²) in [6.07, 6.45) is 5.42. The second-order valence-electron chi connectivity index (χ2n) is 5.31. The molecule has 108 valence electrons. The van der Waals surface area contributed by atoms with Crippen LogP contribution in [-0.2, 0) is 6.42 Å². The Balaban J connectivity index is 1.90. The van der Waals surface area contributed by atoms with Crippen molar-refractivity contribution in [3.63, 3.8) is 0 Å². The van der Waals surface area contributed by atoms with E-state index in [-0.39, 0.29) is 5.56 Å². The normalized spacial score (nSPS) is 17.8. The van der Waals surface area contributed by atoms with E-state index in [0.29, 0.717) is 17.2 Å². The summed E-state index contributed by atoms with van der Waals surface area (Å²) in [5, 5.41) is 12.6. The molecule has 0 saturated carbocycles. The van der Waals surface area contributed by atoms with Crippen molar-refractivity contribution in [2.24, 2.45) is 5.92 Å². The first-order chi connectivity index (χ1) is 10.2. The van der Waals surface area contributed by atoms with Gasteiger partial charge in [0.05, 0.1) is 23.1 Å². The van der Waals surface area contributed by atoms with Crippen LogP contribution < -0.4 is 5.32 Å². The predicted molar refractivity (Wildman–Crippen MR) is 79.1 cm³/mol. The number of rotatable bonds is 4. The minimum atomic E-state index is -0.946. The van der Waals surface area contributed by atoms with Gasteiger partial charge >= 0.3 is 5.97 Å². The highest BCUT2D eigenvalue weighted by molar-refractivity contribution is 5.95. The predicted octanol–water partition coefficient (Wildman–Crippen LogP) is 1.99. The van der Waals surface area contributed by atoms with Crippen LogP contribution in [0.2, 0.25) is 0 Å². The Hall–Kier alpha value is -2.27. The Morgan fingerprint density at radius 2 is 2.19 bits per heavy atom. The summed E-state index contributed by atoms with van der Waals surface area (Å²) in [4.78, 5) is 20.1. The monoisotopic (exact) mass is 283 g/mol. The molecule has 0 aliphatic carbocycles. The van der Waals surface area contributed by atoms with Gasteiger partial charge < -0.3 is 10.4 Å². The molecule has 1 aromatic carbocycles. The molecule has 1 aromatic heterocycles. The van der Waals surface area contributed by atoms with Crippen LogP contribution in [-0.4, -0.2) is 34.1 Å². The number of aromatic nitrogens is 2. The lowest BCUT2D eigenvalue weighted by molar-refractivity contribution is 0.0697. The fraction of sp³-hybridized carbons (Fsp3) is 0.312. The molecule has 1 aliphatic heterocycles. The number of benzene rings is 1. The van der Waals surface area contributed by atoms with Crippen LogP contribution in [0.4, 0.5) is 0 Å². The van der Waals surface area contributed by atoms with Crippen LogP contribution in [0.25, 0.3) is 11.3 Å². The molecule has 3 rings (SSSR count).